The fourth-order valence-corrected chi connectivity index (χ4v) is 5.41. The number of nitrogens with zero attached hydrogens (tertiary/aromatic N) is 2. The SMILES string of the molecule is O=C1CCC(=O)N(c2ccc(C(=O)Nc3ccc(S(=O)(=O)N4CCCCCC4)cc3)cc2)N1. The van der Waals surface area contributed by atoms with Crippen LogP contribution in [0.3, 0.4) is 0 Å². The van der Waals surface area contributed by atoms with Crippen LogP contribution in [0.25, 0.3) is 0 Å². The molecule has 2 heterocycles. The first-order chi connectivity index (χ1) is 15.8. The van der Waals surface area contributed by atoms with E-state index in [1.54, 1.807) is 36.4 Å². The third-order valence-electron chi connectivity index (χ3n) is 5.75. The lowest BCUT2D eigenvalue weighted by Gasteiger charge is -2.27. The summed E-state index contributed by atoms with van der Waals surface area (Å²) in [6, 6.07) is 12.4. The second-order valence-corrected chi connectivity index (χ2v) is 10.0. The summed E-state index contributed by atoms with van der Waals surface area (Å²) in [7, 11) is -3.55. The van der Waals surface area contributed by atoms with Crippen LogP contribution < -0.4 is 15.8 Å². The van der Waals surface area contributed by atoms with E-state index in [1.165, 1.54) is 21.4 Å². The number of anilines is 2. The van der Waals surface area contributed by atoms with E-state index in [4.69, 9.17) is 0 Å². The molecule has 0 radical (unpaired) electrons. The number of hydrogen-bond acceptors (Lipinski definition) is 5. The quantitative estimate of drug-likeness (QED) is 0.697. The monoisotopic (exact) mass is 470 g/mol. The van der Waals surface area contributed by atoms with Crippen molar-refractivity contribution < 1.29 is 22.8 Å². The number of nitrogens with one attached hydrogen (secondary N) is 2. The molecule has 2 aromatic carbocycles. The zero-order valence-electron chi connectivity index (χ0n) is 18.1. The van der Waals surface area contributed by atoms with Gasteiger partial charge in [-0.1, -0.05) is 12.8 Å². The summed E-state index contributed by atoms with van der Waals surface area (Å²) in [5, 5.41) is 3.92. The Morgan fingerprint density at radius 3 is 2.12 bits per heavy atom. The lowest BCUT2D eigenvalue weighted by Crippen LogP contribution is -2.50. The largest absolute Gasteiger partial charge is 0.322 e. The first kappa shape index (κ1) is 22.9. The summed E-state index contributed by atoms with van der Waals surface area (Å²) >= 11 is 0. The molecule has 0 saturated carbocycles. The van der Waals surface area contributed by atoms with Crippen molar-refractivity contribution in [2.75, 3.05) is 23.4 Å². The van der Waals surface area contributed by atoms with Crippen LogP contribution in [-0.4, -0.2) is 43.5 Å². The van der Waals surface area contributed by atoms with Gasteiger partial charge >= 0.3 is 0 Å². The molecule has 0 unspecified atom stereocenters. The Labute approximate surface area is 192 Å². The predicted molar refractivity (Wildman–Crippen MR) is 123 cm³/mol. The van der Waals surface area contributed by atoms with Crippen molar-refractivity contribution in [3.05, 3.63) is 54.1 Å². The van der Waals surface area contributed by atoms with Crippen LogP contribution in [0, 0.1) is 0 Å². The normalized spacial score (nSPS) is 17.9. The van der Waals surface area contributed by atoms with Crippen molar-refractivity contribution in [3.63, 3.8) is 0 Å². The number of amides is 3. The second kappa shape index (κ2) is 9.72. The van der Waals surface area contributed by atoms with Crippen LogP contribution in [0.5, 0.6) is 0 Å². The third kappa shape index (κ3) is 5.23. The van der Waals surface area contributed by atoms with Gasteiger partial charge in [-0.2, -0.15) is 4.31 Å². The highest BCUT2D eigenvalue weighted by atomic mass is 32.2. The van der Waals surface area contributed by atoms with E-state index in [2.05, 4.69) is 10.7 Å². The molecule has 0 spiro atoms. The van der Waals surface area contributed by atoms with Gasteiger partial charge in [0.15, 0.2) is 0 Å². The third-order valence-corrected chi connectivity index (χ3v) is 7.67. The summed E-state index contributed by atoms with van der Waals surface area (Å²) in [4.78, 5) is 36.4. The standard InChI is InChI=1S/C23H26N4O5S/c28-21-13-14-22(29)27(25-21)19-9-5-17(6-10-19)23(30)24-18-7-11-20(12-8-18)33(31,32)26-15-3-1-2-4-16-26/h5-12H,1-4,13-16H2,(H,24,30)(H,25,28). The lowest BCUT2D eigenvalue weighted by molar-refractivity contribution is -0.130. The van der Waals surface area contributed by atoms with Gasteiger partial charge in [0.25, 0.3) is 5.91 Å². The molecular weight excluding hydrogens is 444 g/mol. The minimum absolute atomic E-state index is 0.136. The zero-order valence-corrected chi connectivity index (χ0v) is 18.9. The van der Waals surface area contributed by atoms with Gasteiger partial charge in [-0.3, -0.25) is 19.8 Å². The molecule has 2 N–H and O–H groups in total. The molecule has 9 nitrogen and oxygen atoms in total. The van der Waals surface area contributed by atoms with Crippen LogP contribution in [0.4, 0.5) is 11.4 Å². The van der Waals surface area contributed by atoms with Crippen molar-refractivity contribution >= 4 is 39.1 Å². The number of carbonyl (C=O) groups excluding carboxylic acids is 3. The topological polar surface area (TPSA) is 116 Å². The van der Waals surface area contributed by atoms with E-state index in [0.29, 0.717) is 30.0 Å². The molecule has 2 fully saturated rings. The van der Waals surface area contributed by atoms with Crippen molar-refractivity contribution in [3.8, 4) is 0 Å². The van der Waals surface area contributed by atoms with E-state index in [1.807, 2.05) is 0 Å². The van der Waals surface area contributed by atoms with Crippen molar-refractivity contribution in [1.82, 2.24) is 9.73 Å². The molecule has 0 aliphatic carbocycles. The van der Waals surface area contributed by atoms with Crippen LogP contribution >= 0.6 is 0 Å². The van der Waals surface area contributed by atoms with Crippen molar-refractivity contribution in [1.29, 1.82) is 0 Å². The average Bonchev–Trinajstić information content (AvgIpc) is 3.11. The molecule has 0 aromatic heterocycles. The van der Waals surface area contributed by atoms with Crippen molar-refractivity contribution in [2.24, 2.45) is 0 Å². The number of benzene rings is 2. The minimum Gasteiger partial charge on any atom is -0.322 e. The molecule has 4 rings (SSSR count). The van der Waals surface area contributed by atoms with Gasteiger partial charge in [0.2, 0.25) is 21.8 Å². The highest BCUT2D eigenvalue weighted by Gasteiger charge is 2.26. The molecule has 2 aliphatic heterocycles. The first-order valence-electron chi connectivity index (χ1n) is 11.0. The van der Waals surface area contributed by atoms with E-state index in [-0.39, 0.29) is 35.5 Å². The van der Waals surface area contributed by atoms with Gasteiger partial charge < -0.3 is 5.32 Å². The van der Waals surface area contributed by atoms with Gasteiger partial charge in [0.1, 0.15) is 0 Å². The number of hydrazine groups is 1. The molecule has 33 heavy (non-hydrogen) atoms. The Kier molecular flexibility index (Phi) is 6.75. The Bertz CT molecular complexity index is 1140. The molecule has 10 heteroatoms. The molecule has 2 aromatic rings. The van der Waals surface area contributed by atoms with Gasteiger partial charge in [-0.15, -0.1) is 0 Å². The fourth-order valence-electron chi connectivity index (χ4n) is 3.89. The summed E-state index contributed by atoms with van der Waals surface area (Å²) in [6.07, 6.45) is 4.11. The maximum absolute atomic E-state index is 12.9. The molecule has 0 bridgehead atoms. The fraction of sp³-hybridized carbons (Fsp3) is 0.348. The van der Waals surface area contributed by atoms with Gasteiger partial charge in [0.05, 0.1) is 10.6 Å². The Morgan fingerprint density at radius 1 is 0.848 bits per heavy atom. The van der Waals surface area contributed by atoms with Gasteiger partial charge in [-0.05, 0) is 61.4 Å². The number of hydrogen-bond donors (Lipinski definition) is 2. The molecular formula is C23H26N4O5S. The Morgan fingerprint density at radius 2 is 1.48 bits per heavy atom. The molecule has 2 aliphatic rings. The number of rotatable bonds is 5. The molecule has 3 amide bonds. The molecule has 0 atom stereocenters. The summed E-state index contributed by atoms with van der Waals surface area (Å²) in [5.41, 5.74) is 3.80. The number of carbonyl (C=O) groups is 3. The van der Waals surface area contributed by atoms with E-state index < -0.39 is 10.0 Å². The maximum atomic E-state index is 12.9. The lowest BCUT2D eigenvalue weighted by atomic mass is 10.1. The van der Waals surface area contributed by atoms with Crippen LogP contribution in [0.15, 0.2) is 53.4 Å². The predicted octanol–water partition coefficient (Wildman–Crippen LogP) is 2.66. The molecule has 174 valence electrons. The van der Waals surface area contributed by atoms with E-state index >= 15 is 0 Å². The van der Waals surface area contributed by atoms with E-state index in [9.17, 15) is 22.8 Å². The van der Waals surface area contributed by atoms with Crippen LogP contribution in [-0.2, 0) is 19.6 Å². The van der Waals surface area contributed by atoms with Gasteiger partial charge in [0, 0.05) is 37.2 Å². The minimum atomic E-state index is -3.55. The van der Waals surface area contributed by atoms with E-state index in [0.717, 1.165) is 25.7 Å². The zero-order chi connectivity index (χ0) is 23.4. The number of sulfonamides is 1. The van der Waals surface area contributed by atoms with Gasteiger partial charge in [-0.25, -0.2) is 13.4 Å². The summed E-state index contributed by atoms with van der Waals surface area (Å²) < 4.78 is 27.3. The summed E-state index contributed by atoms with van der Waals surface area (Å²) in [5.74, 6) is -0.835. The highest BCUT2D eigenvalue weighted by molar-refractivity contribution is 7.89. The molecule has 2 saturated heterocycles. The summed E-state index contributed by atoms with van der Waals surface area (Å²) in [6.45, 7) is 1.06. The first-order valence-corrected chi connectivity index (χ1v) is 12.4. The smallest absolute Gasteiger partial charge is 0.255 e. The van der Waals surface area contributed by atoms with Crippen LogP contribution in [0.1, 0.15) is 48.9 Å². The Hall–Kier alpha value is -3.24. The van der Waals surface area contributed by atoms with Crippen molar-refractivity contribution in [2.45, 2.75) is 43.4 Å². The average molecular weight is 471 g/mol. The Balaban J connectivity index is 1.41. The second-order valence-electron chi connectivity index (χ2n) is 8.11. The highest BCUT2D eigenvalue weighted by Crippen LogP contribution is 2.23. The maximum Gasteiger partial charge on any atom is 0.255 e. The van der Waals surface area contributed by atoms with Crippen LogP contribution in [0.2, 0.25) is 0 Å².